The van der Waals surface area contributed by atoms with Crippen LogP contribution in [0.2, 0.25) is 0 Å². The predicted octanol–water partition coefficient (Wildman–Crippen LogP) is 4.67. The molecule has 1 saturated heterocycles. The Labute approximate surface area is 179 Å². The van der Waals surface area contributed by atoms with Crippen LogP contribution in [0, 0.1) is 13.8 Å². The number of benzene rings is 2. The van der Waals surface area contributed by atoms with Crippen LogP contribution in [0.15, 0.2) is 66.9 Å². The molecular weight excluding hydrogens is 370 g/mol. The Morgan fingerprint density at radius 2 is 1.73 bits per heavy atom. The topological polar surface area (TPSA) is 44.3 Å². The fraction of sp³-hybridized carbons (Fsp3) is 0.280. The average Bonchev–Trinajstić information content (AvgIpc) is 2.78. The van der Waals surface area contributed by atoms with Crippen LogP contribution in [0.25, 0.3) is 6.08 Å². The molecule has 5 nitrogen and oxygen atoms in total. The first-order valence-corrected chi connectivity index (χ1v) is 10.5. The Morgan fingerprint density at radius 3 is 2.53 bits per heavy atom. The molecule has 0 saturated carbocycles. The maximum Gasteiger partial charge on any atom is 0.229 e. The van der Waals surface area contributed by atoms with E-state index in [1.165, 1.54) is 16.7 Å². The highest BCUT2D eigenvalue weighted by Crippen LogP contribution is 2.22. The van der Waals surface area contributed by atoms with E-state index in [1.54, 1.807) is 0 Å². The Morgan fingerprint density at radius 1 is 0.933 bits per heavy atom. The van der Waals surface area contributed by atoms with Crippen LogP contribution in [0.1, 0.15) is 16.7 Å². The second kappa shape index (κ2) is 9.55. The number of aryl methyl sites for hydroxylation is 1. The van der Waals surface area contributed by atoms with E-state index in [9.17, 15) is 0 Å². The smallest absolute Gasteiger partial charge is 0.229 e. The van der Waals surface area contributed by atoms with E-state index in [0.717, 1.165) is 44.2 Å². The van der Waals surface area contributed by atoms with Gasteiger partial charge in [-0.1, -0.05) is 54.6 Å². The molecule has 0 spiro atoms. The third-order valence-corrected chi connectivity index (χ3v) is 5.66. The second-order valence-electron chi connectivity index (χ2n) is 7.71. The van der Waals surface area contributed by atoms with Gasteiger partial charge in [0.25, 0.3) is 0 Å². The zero-order valence-electron chi connectivity index (χ0n) is 17.8. The van der Waals surface area contributed by atoms with E-state index in [1.807, 2.05) is 18.3 Å². The quantitative estimate of drug-likeness (QED) is 0.652. The van der Waals surface area contributed by atoms with Crippen LogP contribution >= 0.6 is 0 Å². The minimum atomic E-state index is 0.648. The molecule has 154 valence electrons. The maximum atomic E-state index is 4.76. The molecule has 0 radical (unpaired) electrons. The average molecular weight is 400 g/mol. The van der Waals surface area contributed by atoms with Crippen LogP contribution in [0.4, 0.5) is 17.5 Å². The van der Waals surface area contributed by atoms with Crippen molar-refractivity contribution >= 4 is 23.5 Å². The van der Waals surface area contributed by atoms with Gasteiger partial charge in [0.05, 0.1) is 0 Å². The minimum absolute atomic E-state index is 0.648. The summed E-state index contributed by atoms with van der Waals surface area (Å²) in [5, 5.41) is 3.38. The number of hydrogen-bond donors (Lipinski definition) is 1. The lowest BCUT2D eigenvalue weighted by Gasteiger charge is -2.34. The van der Waals surface area contributed by atoms with Crippen molar-refractivity contribution in [2.24, 2.45) is 0 Å². The van der Waals surface area contributed by atoms with Gasteiger partial charge in [0.1, 0.15) is 5.82 Å². The van der Waals surface area contributed by atoms with Crippen LogP contribution in [0.3, 0.4) is 0 Å². The molecule has 0 bridgehead atoms. The van der Waals surface area contributed by atoms with Gasteiger partial charge in [0.2, 0.25) is 5.95 Å². The highest BCUT2D eigenvalue weighted by Gasteiger charge is 2.17. The van der Waals surface area contributed by atoms with Crippen molar-refractivity contribution in [2.45, 2.75) is 13.8 Å². The summed E-state index contributed by atoms with van der Waals surface area (Å²) in [6.07, 6.45) is 6.29. The van der Waals surface area contributed by atoms with Crippen molar-refractivity contribution in [2.75, 3.05) is 42.9 Å². The zero-order valence-corrected chi connectivity index (χ0v) is 17.8. The van der Waals surface area contributed by atoms with Gasteiger partial charge in [-0.2, -0.15) is 4.98 Å². The number of aromatic nitrogens is 2. The standard InChI is InChI=1S/C25H29N5/c1-20-8-6-12-23(21(20)2)27-25-26-14-13-24(28-25)30-18-16-29(17-19-30)15-7-11-22-9-4-3-5-10-22/h3-14H,15-19H2,1-2H3,(H,26,27,28)/b11-7+. The SMILES string of the molecule is Cc1cccc(Nc2nccc(N3CCN(C/C=C/c4ccccc4)CC3)n2)c1C. The van der Waals surface area contributed by atoms with Gasteiger partial charge < -0.3 is 10.2 Å². The molecule has 1 aliphatic heterocycles. The summed E-state index contributed by atoms with van der Waals surface area (Å²) in [6, 6.07) is 18.7. The molecule has 0 amide bonds. The number of piperazine rings is 1. The first-order valence-electron chi connectivity index (χ1n) is 10.5. The van der Waals surface area contributed by atoms with Crippen LogP contribution in [-0.2, 0) is 0 Å². The second-order valence-corrected chi connectivity index (χ2v) is 7.71. The minimum Gasteiger partial charge on any atom is -0.354 e. The van der Waals surface area contributed by atoms with Gasteiger partial charge >= 0.3 is 0 Å². The summed E-state index contributed by atoms with van der Waals surface area (Å²) in [7, 11) is 0. The van der Waals surface area contributed by atoms with Crippen molar-refractivity contribution in [3.63, 3.8) is 0 Å². The van der Waals surface area contributed by atoms with Crippen LogP contribution in [0.5, 0.6) is 0 Å². The largest absolute Gasteiger partial charge is 0.354 e. The van der Waals surface area contributed by atoms with Gasteiger partial charge in [-0.15, -0.1) is 0 Å². The molecule has 3 aromatic rings. The number of hydrogen-bond acceptors (Lipinski definition) is 5. The lowest BCUT2D eigenvalue weighted by molar-refractivity contribution is 0.283. The Hall–Kier alpha value is -3.18. The molecule has 1 aliphatic rings. The molecule has 4 rings (SSSR count). The van der Waals surface area contributed by atoms with Crippen molar-refractivity contribution in [1.82, 2.24) is 14.9 Å². The van der Waals surface area contributed by atoms with Crippen molar-refractivity contribution in [1.29, 1.82) is 0 Å². The summed E-state index contributed by atoms with van der Waals surface area (Å²) in [6.45, 7) is 9.22. The molecule has 2 aromatic carbocycles. The lowest BCUT2D eigenvalue weighted by atomic mass is 10.1. The fourth-order valence-electron chi connectivity index (χ4n) is 3.65. The molecule has 0 atom stereocenters. The summed E-state index contributed by atoms with van der Waals surface area (Å²) in [5.74, 6) is 1.63. The van der Waals surface area contributed by atoms with Crippen molar-refractivity contribution < 1.29 is 0 Å². The monoisotopic (exact) mass is 399 g/mol. The van der Waals surface area contributed by atoms with Gasteiger partial charge in [0, 0.05) is 44.6 Å². The Balaban J connectivity index is 1.33. The molecule has 2 heterocycles. The van der Waals surface area contributed by atoms with Crippen molar-refractivity contribution in [3.8, 4) is 0 Å². The molecule has 5 heteroatoms. The first kappa shape index (κ1) is 20.1. The van der Waals surface area contributed by atoms with Gasteiger partial charge in [-0.05, 0) is 42.7 Å². The van der Waals surface area contributed by atoms with Crippen molar-refractivity contribution in [3.05, 3.63) is 83.6 Å². The third-order valence-electron chi connectivity index (χ3n) is 5.66. The van der Waals surface area contributed by atoms with E-state index < -0.39 is 0 Å². The number of anilines is 3. The van der Waals surface area contributed by atoms with E-state index in [4.69, 9.17) is 4.98 Å². The van der Waals surface area contributed by atoms with E-state index in [-0.39, 0.29) is 0 Å². The van der Waals surface area contributed by atoms with E-state index >= 15 is 0 Å². The zero-order chi connectivity index (χ0) is 20.8. The number of nitrogens with one attached hydrogen (secondary N) is 1. The molecule has 1 N–H and O–H groups in total. The van der Waals surface area contributed by atoms with Gasteiger partial charge in [0.15, 0.2) is 0 Å². The van der Waals surface area contributed by atoms with E-state index in [2.05, 4.69) is 88.6 Å². The predicted molar refractivity (Wildman–Crippen MR) is 125 cm³/mol. The van der Waals surface area contributed by atoms with E-state index in [0.29, 0.717) is 5.95 Å². The third kappa shape index (κ3) is 5.05. The van der Waals surface area contributed by atoms with Crippen LogP contribution < -0.4 is 10.2 Å². The molecule has 1 aromatic heterocycles. The Kier molecular flexibility index (Phi) is 6.40. The summed E-state index contributed by atoms with van der Waals surface area (Å²) in [4.78, 5) is 14.0. The van der Waals surface area contributed by atoms with Gasteiger partial charge in [-0.25, -0.2) is 4.98 Å². The lowest BCUT2D eigenvalue weighted by Crippen LogP contribution is -2.46. The molecule has 30 heavy (non-hydrogen) atoms. The maximum absolute atomic E-state index is 4.76. The normalized spacial score (nSPS) is 14.9. The Bertz CT molecular complexity index is 991. The molecule has 1 fully saturated rings. The van der Waals surface area contributed by atoms with Gasteiger partial charge in [-0.3, -0.25) is 4.90 Å². The number of rotatable bonds is 6. The summed E-state index contributed by atoms with van der Waals surface area (Å²) < 4.78 is 0. The highest BCUT2D eigenvalue weighted by molar-refractivity contribution is 5.61. The molecule has 0 aliphatic carbocycles. The highest BCUT2D eigenvalue weighted by atomic mass is 15.3. The summed E-state index contributed by atoms with van der Waals surface area (Å²) >= 11 is 0. The van der Waals surface area contributed by atoms with Crippen LogP contribution in [-0.4, -0.2) is 47.6 Å². The molecule has 0 unspecified atom stereocenters. The fourth-order valence-corrected chi connectivity index (χ4v) is 3.65. The first-order chi connectivity index (χ1) is 14.7. The summed E-state index contributed by atoms with van der Waals surface area (Å²) in [5.41, 5.74) is 4.79. The molecular formula is C25H29N5. The number of nitrogens with zero attached hydrogens (tertiary/aromatic N) is 4.